The van der Waals surface area contributed by atoms with Crippen molar-refractivity contribution < 1.29 is 18.3 Å². The molecule has 0 amide bonds. The highest BCUT2D eigenvalue weighted by Crippen LogP contribution is 2.37. The van der Waals surface area contributed by atoms with Crippen LogP contribution in [-0.4, -0.2) is 39.2 Å². The Bertz CT molecular complexity index is 1590. The highest BCUT2D eigenvalue weighted by molar-refractivity contribution is 5.96. The van der Waals surface area contributed by atoms with E-state index in [1.807, 2.05) is 29.3 Å². The second-order valence-electron chi connectivity index (χ2n) is 8.61. The molecule has 1 atom stereocenters. The number of aromatic nitrogens is 4. The normalized spacial score (nSPS) is 15.9. The number of methoxy groups -OCH3 is 1. The first kappa shape index (κ1) is 21.3. The van der Waals surface area contributed by atoms with E-state index in [-0.39, 0.29) is 6.04 Å². The molecule has 7 nitrogen and oxygen atoms in total. The van der Waals surface area contributed by atoms with Gasteiger partial charge in [0.1, 0.15) is 17.5 Å². The van der Waals surface area contributed by atoms with Crippen LogP contribution in [0.3, 0.4) is 0 Å². The average molecular weight is 473 g/mol. The SMILES string of the molecule is COC(=O)c1ccc2[nH]c(-c3cnn4ccc(N5CCC[C@@H]5c5cc(F)ccc5F)nc34)cc2c1. The number of carbonyl (C=O) groups is 1. The molecule has 6 rings (SSSR count). The Hall–Kier alpha value is -4.27. The number of nitrogens with one attached hydrogen (secondary N) is 1. The van der Waals surface area contributed by atoms with Gasteiger partial charge in [-0.3, -0.25) is 0 Å². The zero-order valence-electron chi connectivity index (χ0n) is 18.8. The van der Waals surface area contributed by atoms with E-state index in [1.54, 1.807) is 22.8 Å². The number of benzene rings is 2. The molecule has 3 aromatic heterocycles. The van der Waals surface area contributed by atoms with E-state index in [9.17, 15) is 13.6 Å². The molecule has 9 heteroatoms. The van der Waals surface area contributed by atoms with Gasteiger partial charge in [0.25, 0.3) is 0 Å². The summed E-state index contributed by atoms with van der Waals surface area (Å²) in [6.45, 7) is 0.690. The molecule has 5 aromatic rings. The fourth-order valence-corrected chi connectivity index (χ4v) is 4.87. The van der Waals surface area contributed by atoms with Crippen molar-refractivity contribution in [1.29, 1.82) is 0 Å². The summed E-state index contributed by atoms with van der Waals surface area (Å²) in [5.41, 5.74) is 3.90. The Morgan fingerprint density at radius 3 is 2.89 bits per heavy atom. The fraction of sp³-hybridized carbons (Fsp3) is 0.192. The molecular formula is C26H21F2N5O2. The van der Waals surface area contributed by atoms with Gasteiger partial charge in [-0.15, -0.1) is 0 Å². The molecule has 0 unspecified atom stereocenters. The van der Waals surface area contributed by atoms with Crippen molar-refractivity contribution in [1.82, 2.24) is 19.6 Å². The molecule has 1 fully saturated rings. The Morgan fingerprint density at radius 1 is 1.14 bits per heavy atom. The highest BCUT2D eigenvalue weighted by Gasteiger charge is 2.30. The Kier molecular flexibility index (Phi) is 4.98. The summed E-state index contributed by atoms with van der Waals surface area (Å²) in [6, 6.07) is 12.4. The molecule has 1 saturated heterocycles. The first-order valence-electron chi connectivity index (χ1n) is 11.3. The number of H-pyrrole nitrogens is 1. The third-order valence-electron chi connectivity index (χ3n) is 6.55. The van der Waals surface area contributed by atoms with Gasteiger partial charge in [-0.25, -0.2) is 23.1 Å². The molecular weight excluding hydrogens is 452 g/mol. The minimum atomic E-state index is -0.455. The number of halogens is 2. The lowest BCUT2D eigenvalue weighted by Gasteiger charge is -2.26. The first-order valence-corrected chi connectivity index (χ1v) is 11.3. The summed E-state index contributed by atoms with van der Waals surface area (Å²) in [6.07, 6.45) is 5.11. The molecule has 1 N–H and O–H groups in total. The van der Waals surface area contributed by atoms with Gasteiger partial charge in [0, 0.05) is 29.2 Å². The van der Waals surface area contributed by atoms with Crippen molar-refractivity contribution in [2.75, 3.05) is 18.6 Å². The van der Waals surface area contributed by atoms with Gasteiger partial charge >= 0.3 is 5.97 Å². The lowest BCUT2D eigenvalue weighted by atomic mass is 10.0. The number of hydrogen-bond acceptors (Lipinski definition) is 5. The number of rotatable bonds is 4. The largest absolute Gasteiger partial charge is 0.465 e. The van der Waals surface area contributed by atoms with Crippen molar-refractivity contribution in [2.24, 2.45) is 0 Å². The standard InChI is InChI=1S/C26H21F2N5O2/c1-35-26(34)15-4-7-21-16(11-15)12-22(30-21)19-14-29-33-10-8-24(31-25(19)33)32-9-2-3-23(32)18-13-17(27)5-6-20(18)28/h4-8,10-14,23,30H,2-3,9H2,1H3/t23-/m1/s1. The Balaban J connectivity index is 1.40. The van der Waals surface area contributed by atoms with Crippen LogP contribution in [0.15, 0.2) is 60.9 Å². The lowest BCUT2D eigenvalue weighted by Crippen LogP contribution is -2.24. The van der Waals surface area contributed by atoms with Crippen LogP contribution >= 0.6 is 0 Å². The minimum absolute atomic E-state index is 0.295. The van der Waals surface area contributed by atoms with Crippen molar-refractivity contribution in [2.45, 2.75) is 18.9 Å². The Labute approximate surface area is 199 Å². The van der Waals surface area contributed by atoms with Crippen molar-refractivity contribution in [3.8, 4) is 11.3 Å². The van der Waals surface area contributed by atoms with Gasteiger partial charge in [-0.1, -0.05) is 0 Å². The van der Waals surface area contributed by atoms with Crippen LogP contribution in [0.2, 0.25) is 0 Å². The van der Waals surface area contributed by atoms with Crippen molar-refractivity contribution >= 4 is 28.3 Å². The molecule has 35 heavy (non-hydrogen) atoms. The molecule has 1 aliphatic rings. The number of fused-ring (bicyclic) bond motifs is 2. The zero-order valence-corrected chi connectivity index (χ0v) is 18.8. The van der Waals surface area contributed by atoms with Gasteiger partial charge in [0.2, 0.25) is 0 Å². The van der Waals surface area contributed by atoms with Crippen LogP contribution in [0.4, 0.5) is 14.6 Å². The molecule has 2 aromatic carbocycles. The number of nitrogens with zero attached hydrogens (tertiary/aromatic N) is 4. The van der Waals surface area contributed by atoms with Gasteiger partial charge in [-0.2, -0.15) is 5.10 Å². The summed E-state index contributed by atoms with van der Waals surface area (Å²) in [5.74, 6) is -0.593. The maximum atomic E-state index is 14.5. The monoisotopic (exact) mass is 473 g/mol. The predicted octanol–water partition coefficient (Wildman–Crippen LogP) is 5.28. The molecule has 0 spiro atoms. The van der Waals surface area contributed by atoms with E-state index in [1.165, 1.54) is 19.2 Å². The fourth-order valence-electron chi connectivity index (χ4n) is 4.87. The summed E-state index contributed by atoms with van der Waals surface area (Å²) in [5, 5.41) is 5.29. The third-order valence-corrected chi connectivity index (χ3v) is 6.55. The minimum Gasteiger partial charge on any atom is -0.465 e. The maximum Gasteiger partial charge on any atom is 0.337 e. The molecule has 0 aliphatic carbocycles. The number of aromatic amines is 1. The van der Waals surface area contributed by atoms with Crippen LogP contribution in [-0.2, 0) is 4.74 Å². The number of carbonyl (C=O) groups excluding carboxylic acids is 1. The van der Waals surface area contributed by atoms with E-state index in [2.05, 4.69) is 10.1 Å². The third kappa shape index (κ3) is 3.60. The topological polar surface area (TPSA) is 75.5 Å². The van der Waals surface area contributed by atoms with Crippen LogP contribution in [0.1, 0.15) is 34.8 Å². The molecule has 0 saturated carbocycles. The van der Waals surface area contributed by atoms with Gasteiger partial charge in [0.05, 0.1) is 36.2 Å². The molecule has 4 heterocycles. The maximum absolute atomic E-state index is 14.5. The van der Waals surface area contributed by atoms with Crippen LogP contribution < -0.4 is 4.90 Å². The number of ether oxygens (including phenoxy) is 1. The summed E-state index contributed by atoms with van der Waals surface area (Å²) in [7, 11) is 1.35. The summed E-state index contributed by atoms with van der Waals surface area (Å²) >= 11 is 0. The number of hydrogen-bond donors (Lipinski definition) is 1. The highest BCUT2D eigenvalue weighted by atomic mass is 19.1. The number of anilines is 1. The first-order chi connectivity index (χ1) is 17.0. The van der Waals surface area contributed by atoms with Crippen molar-refractivity contribution in [3.63, 3.8) is 0 Å². The van der Waals surface area contributed by atoms with Gasteiger partial charge in [-0.05, 0) is 61.4 Å². The summed E-state index contributed by atoms with van der Waals surface area (Å²) < 4.78 is 34.9. The van der Waals surface area contributed by atoms with Crippen LogP contribution in [0, 0.1) is 11.6 Å². The molecule has 0 bridgehead atoms. The van der Waals surface area contributed by atoms with E-state index in [4.69, 9.17) is 9.72 Å². The van der Waals surface area contributed by atoms with E-state index in [0.29, 0.717) is 35.6 Å². The Morgan fingerprint density at radius 2 is 2.03 bits per heavy atom. The molecule has 0 radical (unpaired) electrons. The van der Waals surface area contributed by atoms with E-state index < -0.39 is 17.6 Å². The zero-order chi connectivity index (χ0) is 24.1. The van der Waals surface area contributed by atoms with Gasteiger partial charge < -0.3 is 14.6 Å². The second-order valence-corrected chi connectivity index (χ2v) is 8.61. The summed E-state index contributed by atoms with van der Waals surface area (Å²) in [4.78, 5) is 22.1. The average Bonchev–Trinajstić information content (AvgIpc) is 3.61. The van der Waals surface area contributed by atoms with Crippen molar-refractivity contribution in [3.05, 3.63) is 83.7 Å². The van der Waals surface area contributed by atoms with E-state index >= 15 is 0 Å². The van der Waals surface area contributed by atoms with Crippen LogP contribution in [0.25, 0.3) is 27.8 Å². The smallest absolute Gasteiger partial charge is 0.337 e. The second kappa shape index (κ2) is 8.19. The quantitative estimate of drug-likeness (QED) is 0.359. The van der Waals surface area contributed by atoms with Crippen LogP contribution in [0.5, 0.6) is 0 Å². The van der Waals surface area contributed by atoms with Gasteiger partial charge in [0.15, 0.2) is 5.65 Å². The molecule has 1 aliphatic heterocycles. The predicted molar refractivity (Wildman–Crippen MR) is 127 cm³/mol. The lowest BCUT2D eigenvalue weighted by molar-refractivity contribution is 0.0601. The molecule has 176 valence electrons. The number of esters is 1. The van der Waals surface area contributed by atoms with E-state index in [0.717, 1.165) is 34.6 Å².